The maximum Gasteiger partial charge on any atom is 0.417 e. The summed E-state index contributed by atoms with van der Waals surface area (Å²) in [7, 11) is 1.31. The summed E-state index contributed by atoms with van der Waals surface area (Å²) in [5, 5.41) is 15.0. The molecule has 2 aromatic heterocycles. The summed E-state index contributed by atoms with van der Waals surface area (Å²) in [6.45, 7) is 21.9. The number of aromatic nitrogens is 4. The van der Waals surface area contributed by atoms with Gasteiger partial charge in [-0.05, 0) is 119 Å². The number of anilines is 3. The third kappa shape index (κ3) is 13.0. The van der Waals surface area contributed by atoms with E-state index in [1.807, 2.05) is 26.8 Å². The lowest BCUT2D eigenvalue weighted by Crippen LogP contribution is -2.44. The minimum atomic E-state index is -4.83. The molecule has 24 heteroatoms. The van der Waals surface area contributed by atoms with Crippen molar-refractivity contribution in [3.63, 3.8) is 0 Å². The molecular weight excluding hydrogens is 1070 g/mol. The van der Waals surface area contributed by atoms with Gasteiger partial charge >= 0.3 is 12.1 Å². The summed E-state index contributed by atoms with van der Waals surface area (Å²) in [6.07, 6.45) is -3.83. The number of hydrogen-bond acceptors (Lipinski definition) is 16. The van der Waals surface area contributed by atoms with Gasteiger partial charge in [-0.1, -0.05) is 19.9 Å². The van der Waals surface area contributed by atoms with Crippen LogP contribution in [-0.2, 0) is 42.8 Å². The lowest BCUT2D eigenvalue weighted by molar-refractivity contribution is -0.144. The van der Waals surface area contributed by atoms with E-state index in [1.165, 1.54) is 50.1 Å². The predicted octanol–water partition coefficient (Wildman–Crippen LogP) is 11.2. The first-order chi connectivity index (χ1) is 37.5. The summed E-state index contributed by atoms with van der Waals surface area (Å²) in [4.78, 5) is 52.4. The van der Waals surface area contributed by atoms with Crippen LogP contribution in [0.15, 0.2) is 65.7 Å². The van der Waals surface area contributed by atoms with E-state index in [1.54, 1.807) is 38.1 Å². The lowest BCUT2D eigenvalue weighted by atomic mass is 10.0. The Hall–Kier alpha value is -7.86. The van der Waals surface area contributed by atoms with E-state index in [2.05, 4.69) is 52.5 Å². The van der Waals surface area contributed by atoms with Crippen LogP contribution in [0.4, 0.5) is 50.4 Å². The molecule has 3 fully saturated rings. The molecule has 1 N–H and O–H groups in total. The third-order valence-electron chi connectivity index (χ3n) is 12.7. The molecule has 0 bridgehead atoms. The lowest BCUT2D eigenvalue weighted by Gasteiger charge is -2.30. The van der Waals surface area contributed by atoms with E-state index in [9.17, 15) is 27.2 Å². The van der Waals surface area contributed by atoms with Gasteiger partial charge in [-0.25, -0.2) is 28.4 Å². The molecule has 5 heterocycles. The molecule has 0 radical (unpaired) electrons. The molecule has 0 spiro atoms. The first-order valence-electron chi connectivity index (χ1n) is 24.6. The maximum absolute atomic E-state index is 15.5. The van der Waals surface area contributed by atoms with Gasteiger partial charge < -0.3 is 33.9 Å². The topological polar surface area (TPSA) is 191 Å². The average molecular weight is 1130 g/mol. The summed E-state index contributed by atoms with van der Waals surface area (Å²) in [6, 6.07) is 15.4. The van der Waals surface area contributed by atoms with Crippen LogP contribution in [0.2, 0.25) is 0 Å². The number of isothiocyanates is 1. The Labute approximate surface area is 462 Å². The number of methoxy groups -OCH3 is 1. The Kier molecular flexibility index (Phi) is 18.2. The fourth-order valence-electron chi connectivity index (χ4n) is 8.31. The molecule has 412 valence electrons. The normalized spacial score (nSPS) is 15.1. The van der Waals surface area contributed by atoms with E-state index >= 15 is 4.39 Å². The first kappa shape index (κ1) is 58.8. The smallest absolute Gasteiger partial charge is 0.417 e. The molecule has 79 heavy (non-hydrogen) atoms. The number of benzene rings is 4. The highest BCUT2D eigenvalue weighted by molar-refractivity contribution is 7.81. The van der Waals surface area contributed by atoms with Crippen molar-refractivity contribution in [2.24, 2.45) is 16.8 Å². The molecule has 3 saturated heterocycles. The number of fused-ring (bicyclic) bond motifs is 2. The molecule has 6 aromatic rings. The molecule has 0 saturated carbocycles. The number of nitrogens with zero attached hydrogens (tertiary/aromatic N) is 9. The van der Waals surface area contributed by atoms with Crippen molar-refractivity contribution in [1.82, 2.24) is 19.9 Å². The van der Waals surface area contributed by atoms with Crippen molar-refractivity contribution in [1.29, 1.82) is 5.26 Å². The summed E-state index contributed by atoms with van der Waals surface area (Å²) in [5.41, 5.74) is -1.25. The molecule has 3 aliphatic rings. The number of carbonyl (C=O) groups is 2. The number of nitrogens with one attached hydrogen (secondary N) is 1. The van der Waals surface area contributed by atoms with E-state index < -0.39 is 51.9 Å². The number of esters is 1. The van der Waals surface area contributed by atoms with Crippen LogP contribution in [-0.4, -0.2) is 99.9 Å². The molecule has 0 unspecified atom stereocenters. The van der Waals surface area contributed by atoms with Gasteiger partial charge in [0.15, 0.2) is 22.4 Å². The van der Waals surface area contributed by atoms with Crippen molar-refractivity contribution in [3.05, 3.63) is 112 Å². The molecular formula is C55H53F5N10O7S2. The molecule has 3 aliphatic heterocycles. The molecule has 0 atom stereocenters. The van der Waals surface area contributed by atoms with E-state index in [0.717, 1.165) is 22.2 Å². The van der Waals surface area contributed by atoms with Gasteiger partial charge in [-0.3, -0.25) is 9.69 Å². The second-order valence-corrected chi connectivity index (χ2v) is 19.9. The summed E-state index contributed by atoms with van der Waals surface area (Å²) >= 11 is 10.0. The fraction of sp³-hybridized carbons (Fsp3) is 0.382. The molecule has 1 amide bonds. The predicted molar refractivity (Wildman–Crippen MR) is 292 cm³/mol. The monoisotopic (exact) mass is 1120 g/mol. The fourth-order valence-corrected chi connectivity index (χ4v) is 8.93. The molecule has 17 nitrogen and oxygen atoms in total. The standard InChI is InChI=1S/C27H23F4N5O3S.C19H24FN3O4.C9H6N2S/c1-4-21-33-22-18(23(34-21)39-13-14-11-38-12-14)7-17(9-20(22)28)36-25(40)35(24(37)26(36,2)3)16-6-5-15(10-32)19(8-16)27(29,30)31;1-5-15-21-16-13(17(22-15)27-10-11-8-26-9-11)6-12(7-14(16)20)23-19(2,3)18(24)25-4;1-7-5-8(11-6-12)3-4-9(7)10-2/h5-9,14H,4,11-13H2,1-3H3;6-7,11,23H,5,8-10H2,1-4H3;3-5H,1H3. The number of rotatable bonds is 14. The van der Waals surface area contributed by atoms with E-state index in [-0.39, 0.29) is 44.7 Å². The third-order valence-corrected chi connectivity index (χ3v) is 13.2. The summed E-state index contributed by atoms with van der Waals surface area (Å²) in [5.74, 6) is -0.414. The molecule has 4 aromatic carbocycles. The Balaban J connectivity index is 0.000000198. The number of aliphatic imine (C=N–C) groups is 1. The largest absolute Gasteiger partial charge is 0.477 e. The Morgan fingerprint density at radius 1 is 0.886 bits per heavy atom. The number of aryl methyl sites for hydroxylation is 3. The minimum absolute atomic E-state index is 0.0310. The van der Waals surface area contributed by atoms with Gasteiger partial charge in [0.2, 0.25) is 11.8 Å². The number of halogens is 5. The van der Waals surface area contributed by atoms with Gasteiger partial charge in [-0.15, -0.1) is 0 Å². The van der Waals surface area contributed by atoms with Crippen molar-refractivity contribution in [2.75, 3.05) is 61.9 Å². The number of carbonyl (C=O) groups excluding carboxylic acids is 2. The number of thiocarbonyl (C=S) groups is 2. The SMILES string of the molecule is CCc1nc(OCC2COC2)c2cc(N3C(=S)N(c4ccc(C#N)c(C(F)(F)F)c4)C(=O)C3(C)C)cc(F)c2n1.CCc1nc(OCC2COC2)c2cc(NC(C)(C)C(=O)OC)cc(F)c2n1.[C-]#[N+]c1ccc(N=C=S)cc1C. The van der Waals surface area contributed by atoms with Crippen molar-refractivity contribution >= 4 is 96.8 Å². The molecule has 9 rings (SSSR count). The van der Waals surface area contributed by atoms with Gasteiger partial charge in [0.1, 0.15) is 33.8 Å². The van der Waals surface area contributed by atoms with Gasteiger partial charge in [0, 0.05) is 36.1 Å². The Morgan fingerprint density at radius 3 is 1.94 bits per heavy atom. The second kappa shape index (κ2) is 24.4. The first-order valence-corrected chi connectivity index (χ1v) is 25.4. The van der Waals surface area contributed by atoms with Crippen LogP contribution < -0.4 is 24.6 Å². The van der Waals surface area contributed by atoms with Gasteiger partial charge in [0.05, 0.1) is 97.8 Å². The highest BCUT2D eigenvalue weighted by Gasteiger charge is 2.51. The van der Waals surface area contributed by atoms with Crippen molar-refractivity contribution in [3.8, 4) is 17.8 Å². The zero-order valence-electron chi connectivity index (χ0n) is 44.2. The highest BCUT2D eigenvalue weighted by Crippen LogP contribution is 2.42. The van der Waals surface area contributed by atoms with Crippen molar-refractivity contribution in [2.45, 2.75) is 78.6 Å². The number of amides is 1. The maximum atomic E-state index is 15.5. The van der Waals surface area contributed by atoms with Crippen LogP contribution in [0.1, 0.15) is 69.9 Å². The highest BCUT2D eigenvalue weighted by atomic mass is 32.1. The minimum Gasteiger partial charge on any atom is -0.477 e. The summed E-state index contributed by atoms with van der Waals surface area (Å²) < 4.78 is 98.2. The van der Waals surface area contributed by atoms with E-state index in [4.69, 9.17) is 47.7 Å². The Bertz CT molecular complexity index is 3480. The number of nitriles is 1. The van der Waals surface area contributed by atoms with Crippen molar-refractivity contribution < 1.29 is 55.2 Å². The van der Waals surface area contributed by atoms with Gasteiger partial charge in [-0.2, -0.15) is 33.4 Å². The van der Waals surface area contributed by atoms with Crippen LogP contribution in [0.5, 0.6) is 11.8 Å². The Morgan fingerprint density at radius 2 is 1.46 bits per heavy atom. The quantitative estimate of drug-likeness (QED) is 0.0356. The van der Waals surface area contributed by atoms with Gasteiger partial charge in [0.25, 0.3) is 5.91 Å². The van der Waals surface area contributed by atoms with Crippen LogP contribution in [0.3, 0.4) is 0 Å². The zero-order chi connectivity index (χ0) is 57.6. The number of alkyl halides is 3. The number of ether oxygens (including phenoxy) is 5. The van der Waals surface area contributed by atoms with Crippen LogP contribution in [0, 0.1) is 48.3 Å². The molecule has 0 aliphatic carbocycles. The number of hydrogen-bond donors (Lipinski definition) is 1. The van der Waals surface area contributed by atoms with Crippen LogP contribution >= 0.6 is 24.4 Å². The zero-order valence-corrected chi connectivity index (χ0v) is 45.8. The van der Waals surface area contributed by atoms with E-state index in [0.29, 0.717) is 98.8 Å². The average Bonchev–Trinajstić information content (AvgIpc) is 3.78. The second-order valence-electron chi connectivity index (χ2n) is 19.4. The van der Waals surface area contributed by atoms with Crippen LogP contribution in [0.25, 0.3) is 26.7 Å².